The molecule has 0 amide bonds. The van der Waals surface area contributed by atoms with Crippen LogP contribution in [0.15, 0.2) is 46.0 Å². The van der Waals surface area contributed by atoms with Gasteiger partial charge in [-0.2, -0.15) is 5.10 Å². The van der Waals surface area contributed by atoms with Gasteiger partial charge in [0, 0.05) is 27.4 Å². The Morgan fingerprint density at radius 1 is 1.47 bits per heavy atom. The van der Waals surface area contributed by atoms with Gasteiger partial charge in [-0.05, 0) is 40.2 Å². The Bertz CT molecular complexity index is 442. The van der Waals surface area contributed by atoms with Crippen molar-refractivity contribution >= 4 is 33.4 Å². The Morgan fingerprint density at radius 3 is 3.00 bits per heavy atom. The molecule has 2 N–H and O–H groups in total. The van der Waals surface area contributed by atoms with Crippen molar-refractivity contribution in [1.82, 2.24) is 9.78 Å². The molecular weight excluding hydrogens is 274 g/mol. The van der Waals surface area contributed by atoms with Crippen LogP contribution in [-0.2, 0) is 5.88 Å². The van der Waals surface area contributed by atoms with Crippen LogP contribution < -0.4 is 5.73 Å². The van der Waals surface area contributed by atoms with Crippen LogP contribution in [0.4, 0.5) is 5.69 Å². The SMILES string of the molecule is Nc1ccc(SCn2cccn2)c(Br)c1. The van der Waals surface area contributed by atoms with E-state index in [2.05, 4.69) is 21.0 Å². The molecule has 1 aromatic carbocycles. The highest BCUT2D eigenvalue weighted by molar-refractivity contribution is 9.10. The molecule has 1 heterocycles. The van der Waals surface area contributed by atoms with Crippen LogP contribution in [-0.4, -0.2) is 9.78 Å². The highest BCUT2D eigenvalue weighted by Crippen LogP contribution is 2.29. The van der Waals surface area contributed by atoms with Gasteiger partial charge in [0.15, 0.2) is 0 Å². The normalized spacial score (nSPS) is 10.5. The zero-order valence-corrected chi connectivity index (χ0v) is 10.3. The van der Waals surface area contributed by atoms with Gasteiger partial charge < -0.3 is 5.73 Å². The van der Waals surface area contributed by atoms with Crippen LogP contribution in [0.2, 0.25) is 0 Å². The molecule has 0 bridgehead atoms. The fraction of sp³-hybridized carbons (Fsp3) is 0.100. The molecule has 0 fully saturated rings. The summed E-state index contributed by atoms with van der Waals surface area (Å²) in [6.07, 6.45) is 3.72. The van der Waals surface area contributed by atoms with E-state index in [1.54, 1.807) is 18.0 Å². The number of benzene rings is 1. The Morgan fingerprint density at radius 2 is 2.33 bits per heavy atom. The number of hydrogen-bond donors (Lipinski definition) is 1. The third-order valence-corrected chi connectivity index (χ3v) is 3.85. The molecule has 2 aromatic rings. The average molecular weight is 284 g/mol. The second-order valence-corrected chi connectivity index (χ2v) is 4.85. The van der Waals surface area contributed by atoms with E-state index in [4.69, 9.17) is 5.73 Å². The largest absolute Gasteiger partial charge is 0.399 e. The molecule has 1 aromatic heterocycles. The maximum Gasteiger partial charge on any atom is 0.0909 e. The van der Waals surface area contributed by atoms with Gasteiger partial charge in [0.05, 0.1) is 5.88 Å². The summed E-state index contributed by atoms with van der Waals surface area (Å²) in [6, 6.07) is 7.73. The fourth-order valence-corrected chi connectivity index (χ4v) is 2.67. The number of aromatic nitrogens is 2. The van der Waals surface area contributed by atoms with Gasteiger partial charge in [0.2, 0.25) is 0 Å². The van der Waals surface area contributed by atoms with E-state index in [1.165, 1.54) is 4.90 Å². The summed E-state index contributed by atoms with van der Waals surface area (Å²) in [5, 5.41) is 4.13. The zero-order valence-electron chi connectivity index (χ0n) is 7.93. The van der Waals surface area contributed by atoms with Crippen molar-refractivity contribution in [3.63, 3.8) is 0 Å². The van der Waals surface area contributed by atoms with Crippen LogP contribution in [0.3, 0.4) is 0 Å². The average Bonchev–Trinajstić information content (AvgIpc) is 2.69. The fourth-order valence-electron chi connectivity index (χ4n) is 1.15. The van der Waals surface area contributed by atoms with E-state index in [1.807, 2.05) is 35.1 Å². The maximum atomic E-state index is 5.66. The minimum atomic E-state index is 0.769. The van der Waals surface area contributed by atoms with E-state index in [0.29, 0.717) is 0 Å². The summed E-state index contributed by atoms with van der Waals surface area (Å²) in [7, 11) is 0. The van der Waals surface area contributed by atoms with E-state index in [0.717, 1.165) is 16.0 Å². The Kier molecular flexibility index (Phi) is 3.33. The molecule has 0 aliphatic rings. The van der Waals surface area contributed by atoms with Crippen molar-refractivity contribution in [3.05, 3.63) is 41.1 Å². The van der Waals surface area contributed by atoms with Crippen molar-refractivity contribution < 1.29 is 0 Å². The lowest BCUT2D eigenvalue weighted by molar-refractivity contribution is 0.750. The Labute approximate surface area is 101 Å². The lowest BCUT2D eigenvalue weighted by Gasteiger charge is -2.05. The lowest BCUT2D eigenvalue weighted by Crippen LogP contribution is -1.94. The standard InChI is InChI=1S/C10H10BrN3S/c11-9-6-8(12)2-3-10(9)15-7-14-5-1-4-13-14/h1-6H,7,12H2. The number of halogens is 1. The number of thioether (sulfide) groups is 1. The molecule has 0 radical (unpaired) electrons. The number of rotatable bonds is 3. The third-order valence-electron chi connectivity index (χ3n) is 1.87. The summed E-state index contributed by atoms with van der Waals surface area (Å²) in [6.45, 7) is 0. The van der Waals surface area contributed by atoms with Gasteiger partial charge in [-0.25, -0.2) is 0 Å². The zero-order chi connectivity index (χ0) is 10.7. The monoisotopic (exact) mass is 283 g/mol. The topological polar surface area (TPSA) is 43.8 Å². The first kappa shape index (κ1) is 10.6. The van der Waals surface area contributed by atoms with Gasteiger partial charge in [0.1, 0.15) is 0 Å². The summed E-state index contributed by atoms with van der Waals surface area (Å²) in [4.78, 5) is 1.17. The summed E-state index contributed by atoms with van der Waals surface area (Å²) in [5.41, 5.74) is 6.43. The molecule has 0 saturated heterocycles. The molecule has 3 nitrogen and oxygen atoms in total. The van der Waals surface area contributed by atoms with Crippen molar-refractivity contribution in [1.29, 1.82) is 0 Å². The van der Waals surface area contributed by atoms with Crippen LogP contribution in [0.1, 0.15) is 0 Å². The van der Waals surface area contributed by atoms with E-state index < -0.39 is 0 Å². The molecule has 5 heteroatoms. The second-order valence-electron chi connectivity index (χ2n) is 3.01. The molecular formula is C10H10BrN3S. The first-order valence-electron chi connectivity index (χ1n) is 4.41. The molecule has 0 atom stereocenters. The summed E-state index contributed by atoms with van der Waals surface area (Å²) in [5.74, 6) is 0.801. The molecule has 0 aliphatic heterocycles. The first-order chi connectivity index (χ1) is 7.25. The first-order valence-corrected chi connectivity index (χ1v) is 6.19. The Hall–Kier alpha value is -0.940. The van der Waals surface area contributed by atoms with E-state index in [-0.39, 0.29) is 0 Å². The second kappa shape index (κ2) is 4.72. The van der Waals surface area contributed by atoms with Crippen molar-refractivity contribution in [2.75, 3.05) is 5.73 Å². The number of nitrogen functional groups attached to an aromatic ring is 1. The van der Waals surface area contributed by atoms with Crippen molar-refractivity contribution in [2.45, 2.75) is 10.8 Å². The van der Waals surface area contributed by atoms with E-state index in [9.17, 15) is 0 Å². The Balaban J connectivity index is 2.05. The predicted octanol–water partition coefficient (Wildman–Crippen LogP) is 2.98. The summed E-state index contributed by atoms with van der Waals surface area (Å²) >= 11 is 5.19. The maximum absolute atomic E-state index is 5.66. The van der Waals surface area contributed by atoms with Gasteiger partial charge in [-0.15, -0.1) is 11.8 Å². The molecule has 0 aliphatic carbocycles. The minimum Gasteiger partial charge on any atom is -0.399 e. The van der Waals surface area contributed by atoms with Crippen LogP contribution in [0, 0.1) is 0 Å². The highest BCUT2D eigenvalue weighted by atomic mass is 79.9. The molecule has 2 rings (SSSR count). The summed E-state index contributed by atoms with van der Waals surface area (Å²) < 4.78 is 2.91. The molecule has 78 valence electrons. The van der Waals surface area contributed by atoms with Crippen LogP contribution >= 0.6 is 27.7 Å². The third kappa shape index (κ3) is 2.76. The predicted molar refractivity (Wildman–Crippen MR) is 66.6 cm³/mol. The van der Waals surface area contributed by atoms with Gasteiger partial charge >= 0.3 is 0 Å². The highest BCUT2D eigenvalue weighted by Gasteiger charge is 2.01. The van der Waals surface area contributed by atoms with Crippen LogP contribution in [0.5, 0.6) is 0 Å². The van der Waals surface area contributed by atoms with Crippen LogP contribution in [0.25, 0.3) is 0 Å². The quantitative estimate of drug-likeness (QED) is 0.696. The lowest BCUT2D eigenvalue weighted by atomic mass is 10.3. The number of anilines is 1. The van der Waals surface area contributed by atoms with Gasteiger partial charge in [0.25, 0.3) is 0 Å². The number of nitrogens with two attached hydrogens (primary N) is 1. The van der Waals surface area contributed by atoms with Gasteiger partial charge in [-0.1, -0.05) is 0 Å². The minimum absolute atomic E-state index is 0.769. The van der Waals surface area contributed by atoms with Crippen molar-refractivity contribution in [3.8, 4) is 0 Å². The number of hydrogen-bond acceptors (Lipinski definition) is 3. The van der Waals surface area contributed by atoms with E-state index >= 15 is 0 Å². The molecule has 15 heavy (non-hydrogen) atoms. The molecule has 0 spiro atoms. The smallest absolute Gasteiger partial charge is 0.0909 e. The number of nitrogens with zero attached hydrogens (tertiary/aromatic N) is 2. The van der Waals surface area contributed by atoms with Crippen molar-refractivity contribution in [2.24, 2.45) is 0 Å². The molecule has 0 saturated carbocycles. The molecule has 0 unspecified atom stereocenters. The van der Waals surface area contributed by atoms with Gasteiger partial charge in [-0.3, -0.25) is 4.68 Å².